The zero-order valence-corrected chi connectivity index (χ0v) is 12.5. The molecule has 0 N–H and O–H groups in total. The van der Waals surface area contributed by atoms with Crippen molar-refractivity contribution in [3.05, 3.63) is 58.5 Å². The lowest BCUT2D eigenvalue weighted by molar-refractivity contribution is -0.128. The fraction of sp³-hybridized carbons (Fsp3) is 0.214. The van der Waals surface area contributed by atoms with Crippen LogP contribution in [0.5, 0.6) is 0 Å². The first-order valence-electron chi connectivity index (χ1n) is 5.93. The molecular formula is C14H12BrNO2S. The van der Waals surface area contributed by atoms with E-state index < -0.39 is 0 Å². The summed E-state index contributed by atoms with van der Waals surface area (Å²) in [4.78, 5) is 13.9. The van der Waals surface area contributed by atoms with E-state index in [1.807, 2.05) is 29.2 Å². The summed E-state index contributed by atoms with van der Waals surface area (Å²) in [6, 6.07) is 11.9. The van der Waals surface area contributed by atoms with Gasteiger partial charge in [0, 0.05) is 4.47 Å². The molecule has 0 aliphatic carbocycles. The summed E-state index contributed by atoms with van der Waals surface area (Å²) in [5, 5.41) is 0.0747. The van der Waals surface area contributed by atoms with Gasteiger partial charge in [-0.3, -0.25) is 4.79 Å². The third kappa shape index (κ3) is 2.72. The van der Waals surface area contributed by atoms with E-state index >= 15 is 0 Å². The van der Waals surface area contributed by atoms with Gasteiger partial charge in [0.25, 0.3) is 0 Å². The van der Waals surface area contributed by atoms with Gasteiger partial charge in [0.15, 0.2) is 0 Å². The number of hydrogen-bond acceptors (Lipinski definition) is 3. The highest BCUT2D eigenvalue weighted by atomic mass is 79.9. The number of halogens is 1. The Balaban J connectivity index is 1.83. The molecule has 1 aliphatic heterocycles. The number of benzene rings is 1. The van der Waals surface area contributed by atoms with Crippen LogP contribution in [0.15, 0.2) is 51.6 Å². The van der Waals surface area contributed by atoms with E-state index in [1.54, 1.807) is 18.0 Å². The normalized spacial score (nSPS) is 19.1. The lowest BCUT2D eigenvalue weighted by atomic mass is 10.2. The summed E-state index contributed by atoms with van der Waals surface area (Å²) >= 11 is 5.09. The highest BCUT2D eigenvalue weighted by Gasteiger charge is 2.33. The van der Waals surface area contributed by atoms with Gasteiger partial charge in [-0.1, -0.05) is 28.1 Å². The average Bonchev–Trinajstić information content (AvgIpc) is 3.03. The van der Waals surface area contributed by atoms with E-state index in [9.17, 15) is 4.79 Å². The maximum absolute atomic E-state index is 12.0. The van der Waals surface area contributed by atoms with Crippen molar-refractivity contribution in [3.63, 3.8) is 0 Å². The first-order valence-corrected chi connectivity index (χ1v) is 7.77. The molecule has 1 aliphatic rings. The smallest absolute Gasteiger partial charge is 0.234 e. The Morgan fingerprint density at radius 1 is 1.32 bits per heavy atom. The Morgan fingerprint density at radius 3 is 2.79 bits per heavy atom. The number of nitrogens with zero attached hydrogens (tertiary/aromatic N) is 1. The first kappa shape index (κ1) is 12.8. The van der Waals surface area contributed by atoms with Crippen LogP contribution in [0.1, 0.15) is 16.7 Å². The highest BCUT2D eigenvalue weighted by Crippen LogP contribution is 2.39. The van der Waals surface area contributed by atoms with Crippen molar-refractivity contribution in [2.24, 2.45) is 0 Å². The second-order valence-corrected chi connectivity index (χ2v) is 6.30. The largest absolute Gasteiger partial charge is 0.467 e. The van der Waals surface area contributed by atoms with Crippen molar-refractivity contribution in [1.29, 1.82) is 0 Å². The standard InChI is InChI=1S/C14H12BrNO2S/c15-11-5-3-10(4-6-11)14-16(13(17)9-19-14)8-12-2-1-7-18-12/h1-7,14H,8-9H2. The van der Waals surface area contributed by atoms with Crippen LogP contribution >= 0.6 is 27.7 Å². The molecule has 1 atom stereocenters. The van der Waals surface area contributed by atoms with Gasteiger partial charge in [0.2, 0.25) is 5.91 Å². The summed E-state index contributed by atoms with van der Waals surface area (Å²) in [5.41, 5.74) is 1.14. The number of carbonyl (C=O) groups excluding carboxylic acids is 1. The van der Waals surface area contributed by atoms with Crippen LogP contribution in [0.4, 0.5) is 0 Å². The molecule has 1 fully saturated rings. The molecule has 0 bridgehead atoms. The van der Waals surface area contributed by atoms with Crippen molar-refractivity contribution in [2.75, 3.05) is 5.75 Å². The van der Waals surface area contributed by atoms with E-state index in [-0.39, 0.29) is 11.3 Å². The molecule has 1 amide bonds. The molecule has 2 aromatic rings. The molecule has 1 aromatic heterocycles. The van der Waals surface area contributed by atoms with Crippen LogP contribution in [-0.4, -0.2) is 16.6 Å². The van der Waals surface area contributed by atoms with Crippen LogP contribution in [0.25, 0.3) is 0 Å². The molecule has 1 aromatic carbocycles. The summed E-state index contributed by atoms with van der Waals surface area (Å²) < 4.78 is 6.38. The van der Waals surface area contributed by atoms with Crippen LogP contribution in [-0.2, 0) is 11.3 Å². The topological polar surface area (TPSA) is 33.5 Å². The molecule has 5 heteroatoms. The summed E-state index contributed by atoms with van der Waals surface area (Å²) in [7, 11) is 0. The van der Waals surface area contributed by atoms with E-state index in [2.05, 4.69) is 28.1 Å². The second kappa shape index (κ2) is 5.43. The van der Waals surface area contributed by atoms with Crippen LogP contribution < -0.4 is 0 Å². The van der Waals surface area contributed by atoms with Crippen LogP contribution in [0.2, 0.25) is 0 Å². The van der Waals surface area contributed by atoms with Crippen LogP contribution in [0.3, 0.4) is 0 Å². The van der Waals surface area contributed by atoms with Crippen molar-refractivity contribution in [2.45, 2.75) is 11.9 Å². The minimum absolute atomic E-state index is 0.0747. The SMILES string of the molecule is O=C1CSC(c2ccc(Br)cc2)N1Cc1ccco1. The molecule has 0 radical (unpaired) electrons. The molecule has 1 saturated heterocycles. The van der Waals surface area contributed by atoms with Crippen molar-refractivity contribution < 1.29 is 9.21 Å². The number of carbonyl (C=O) groups is 1. The predicted octanol–water partition coefficient (Wildman–Crippen LogP) is 3.82. The Kier molecular flexibility index (Phi) is 3.66. The Labute approximate surface area is 124 Å². The summed E-state index contributed by atoms with van der Waals surface area (Å²) in [6.45, 7) is 0.527. The van der Waals surface area contributed by atoms with Gasteiger partial charge in [-0.25, -0.2) is 0 Å². The van der Waals surface area contributed by atoms with E-state index in [0.717, 1.165) is 15.8 Å². The average molecular weight is 338 g/mol. The van der Waals surface area contributed by atoms with Gasteiger partial charge in [-0.15, -0.1) is 11.8 Å². The number of thioether (sulfide) groups is 1. The summed E-state index contributed by atoms with van der Waals surface area (Å²) in [5.74, 6) is 1.51. The third-order valence-corrected chi connectivity index (χ3v) is 4.81. The fourth-order valence-corrected chi connectivity index (χ4v) is 3.55. The molecule has 0 saturated carbocycles. The Hall–Kier alpha value is -1.20. The Morgan fingerprint density at radius 2 is 2.11 bits per heavy atom. The van der Waals surface area contributed by atoms with Gasteiger partial charge < -0.3 is 9.32 Å². The van der Waals surface area contributed by atoms with Gasteiger partial charge >= 0.3 is 0 Å². The van der Waals surface area contributed by atoms with Gasteiger partial charge in [0.1, 0.15) is 11.1 Å². The van der Waals surface area contributed by atoms with Crippen molar-refractivity contribution in [1.82, 2.24) is 4.90 Å². The van der Waals surface area contributed by atoms with E-state index in [4.69, 9.17) is 4.42 Å². The Bertz CT molecular complexity index is 568. The maximum Gasteiger partial charge on any atom is 0.234 e. The lowest BCUT2D eigenvalue weighted by Crippen LogP contribution is -2.27. The fourth-order valence-electron chi connectivity index (χ4n) is 2.10. The third-order valence-electron chi connectivity index (χ3n) is 3.03. The lowest BCUT2D eigenvalue weighted by Gasteiger charge is -2.23. The highest BCUT2D eigenvalue weighted by molar-refractivity contribution is 9.10. The number of hydrogen-bond donors (Lipinski definition) is 0. The summed E-state index contributed by atoms with van der Waals surface area (Å²) in [6.07, 6.45) is 1.64. The molecule has 1 unspecified atom stereocenters. The minimum atomic E-state index is 0.0747. The predicted molar refractivity (Wildman–Crippen MR) is 78.6 cm³/mol. The quantitative estimate of drug-likeness (QED) is 0.853. The molecule has 0 spiro atoms. The molecule has 3 rings (SSSR count). The molecule has 3 nitrogen and oxygen atoms in total. The maximum atomic E-state index is 12.0. The molecule has 2 heterocycles. The zero-order chi connectivity index (χ0) is 13.2. The molecule has 98 valence electrons. The number of rotatable bonds is 3. The number of furan rings is 1. The van der Waals surface area contributed by atoms with Gasteiger partial charge in [-0.2, -0.15) is 0 Å². The van der Waals surface area contributed by atoms with E-state index in [1.165, 1.54) is 0 Å². The monoisotopic (exact) mass is 337 g/mol. The first-order chi connectivity index (χ1) is 9.24. The van der Waals surface area contributed by atoms with Gasteiger partial charge in [-0.05, 0) is 29.8 Å². The minimum Gasteiger partial charge on any atom is -0.467 e. The molecular weight excluding hydrogens is 326 g/mol. The van der Waals surface area contributed by atoms with Crippen LogP contribution in [0, 0.1) is 0 Å². The van der Waals surface area contributed by atoms with Crippen molar-refractivity contribution >= 4 is 33.6 Å². The number of amides is 1. The van der Waals surface area contributed by atoms with E-state index in [0.29, 0.717) is 12.3 Å². The zero-order valence-electron chi connectivity index (χ0n) is 10.1. The van der Waals surface area contributed by atoms with Gasteiger partial charge in [0.05, 0.1) is 18.6 Å². The second-order valence-electron chi connectivity index (χ2n) is 4.32. The van der Waals surface area contributed by atoms with Crippen molar-refractivity contribution in [3.8, 4) is 0 Å². The molecule has 19 heavy (non-hydrogen) atoms.